The first-order valence-corrected chi connectivity index (χ1v) is 5.22. The highest BCUT2D eigenvalue weighted by Gasteiger charge is 2.15. The van der Waals surface area contributed by atoms with E-state index in [9.17, 15) is 4.79 Å². The lowest BCUT2D eigenvalue weighted by molar-refractivity contribution is -0.144. The quantitative estimate of drug-likeness (QED) is 0.760. The molecule has 0 aromatic heterocycles. The molecule has 0 radical (unpaired) electrons. The van der Waals surface area contributed by atoms with E-state index in [0.717, 1.165) is 5.56 Å². The van der Waals surface area contributed by atoms with Gasteiger partial charge in [0.25, 0.3) is 0 Å². The number of carbonyl (C=O) groups is 1. The predicted octanol–water partition coefficient (Wildman–Crippen LogP) is 2.56. The van der Waals surface area contributed by atoms with Gasteiger partial charge in [-0.1, -0.05) is 24.6 Å². The van der Waals surface area contributed by atoms with Gasteiger partial charge in [-0.25, -0.2) is 0 Å². The standard InChI is InChI=1S/C12H12ClNO2/c1-8(12(15)16-2)5-9-3-4-11(13)6-10(9)7-14/h3-4,6,8H,5H2,1-2H3. The number of carbonyl (C=O) groups excluding carboxylic acids is 1. The molecule has 0 fully saturated rings. The van der Waals surface area contributed by atoms with Gasteiger partial charge in [0.05, 0.1) is 24.7 Å². The van der Waals surface area contributed by atoms with Gasteiger partial charge in [0.15, 0.2) is 0 Å². The van der Waals surface area contributed by atoms with Gasteiger partial charge in [0.1, 0.15) is 0 Å². The number of benzene rings is 1. The van der Waals surface area contributed by atoms with Crippen molar-refractivity contribution in [1.82, 2.24) is 0 Å². The van der Waals surface area contributed by atoms with Gasteiger partial charge in [-0.05, 0) is 24.1 Å². The minimum absolute atomic E-state index is 0.265. The van der Waals surface area contributed by atoms with Crippen LogP contribution in [-0.2, 0) is 16.0 Å². The molecule has 3 nitrogen and oxygen atoms in total. The molecule has 0 bridgehead atoms. The number of nitriles is 1. The van der Waals surface area contributed by atoms with Crippen LogP contribution in [0.5, 0.6) is 0 Å². The van der Waals surface area contributed by atoms with Crippen molar-refractivity contribution in [2.45, 2.75) is 13.3 Å². The van der Waals surface area contributed by atoms with E-state index in [1.807, 2.05) is 0 Å². The molecule has 0 N–H and O–H groups in total. The third-order valence-electron chi connectivity index (χ3n) is 2.32. The summed E-state index contributed by atoms with van der Waals surface area (Å²) in [7, 11) is 1.35. The summed E-state index contributed by atoms with van der Waals surface area (Å²) in [5.74, 6) is -0.544. The van der Waals surface area contributed by atoms with E-state index in [1.54, 1.807) is 25.1 Å². The van der Waals surface area contributed by atoms with Crippen molar-refractivity contribution >= 4 is 17.6 Å². The van der Waals surface area contributed by atoms with Crippen molar-refractivity contribution in [2.24, 2.45) is 5.92 Å². The van der Waals surface area contributed by atoms with Crippen LogP contribution < -0.4 is 0 Å². The Morgan fingerprint density at radius 2 is 2.31 bits per heavy atom. The van der Waals surface area contributed by atoms with Gasteiger partial charge in [-0.2, -0.15) is 5.26 Å². The van der Waals surface area contributed by atoms with Crippen LogP contribution in [0.15, 0.2) is 18.2 Å². The molecule has 0 aliphatic rings. The van der Waals surface area contributed by atoms with Crippen LogP contribution in [0.1, 0.15) is 18.1 Å². The summed E-state index contributed by atoms with van der Waals surface area (Å²) >= 11 is 5.78. The largest absolute Gasteiger partial charge is 0.469 e. The molecule has 1 unspecified atom stereocenters. The van der Waals surface area contributed by atoms with Crippen molar-refractivity contribution in [3.05, 3.63) is 34.3 Å². The molecule has 1 rings (SSSR count). The molecular formula is C12H12ClNO2. The molecule has 0 aliphatic heterocycles. The summed E-state index contributed by atoms with van der Waals surface area (Å²) < 4.78 is 4.63. The van der Waals surface area contributed by atoms with Crippen molar-refractivity contribution in [3.8, 4) is 6.07 Å². The predicted molar refractivity (Wildman–Crippen MR) is 61.1 cm³/mol. The number of rotatable bonds is 3. The number of nitrogens with zero attached hydrogens (tertiary/aromatic N) is 1. The van der Waals surface area contributed by atoms with E-state index in [4.69, 9.17) is 16.9 Å². The number of halogens is 1. The number of methoxy groups -OCH3 is 1. The molecule has 0 amide bonds. The van der Waals surface area contributed by atoms with Crippen LogP contribution in [0, 0.1) is 17.2 Å². The SMILES string of the molecule is COC(=O)C(C)Cc1ccc(Cl)cc1C#N. The first-order valence-electron chi connectivity index (χ1n) is 4.84. The van der Waals surface area contributed by atoms with Crippen molar-refractivity contribution < 1.29 is 9.53 Å². The molecule has 1 atom stereocenters. The van der Waals surface area contributed by atoms with Crippen LogP contribution in [0.4, 0.5) is 0 Å². The van der Waals surface area contributed by atoms with E-state index in [0.29, 0.717) is 17.0 Å². The maximum atomic E-state index is 11.3. The van der Waals surface area contributed by atoms with Crippen LogP contribution >= 0.6 is 11.6 Å². The Hall–Kier alpha value is -1.53. The zero-order valence-electron chi connectivity index (χ0n) is 9.16. The van der Waals surface area contributed by atoms with Crippen LogP contribution in [0.2, 0.25) is 5.02 Å². The highest BCUT2D eigenvalue weighted by molar-refractivity contribution is 6.30. The topological polar surface area (TPSA) is 50.1 Å². The summed E-state index contributed by atoms with van der Waals surface area (Å²) in [4.78, 5) is 11.3. The number of esters is 1. The Morgan fingerprint density at radius 1 is 1.62 bits per heavy atom. The molecule has 0 aliphatic carbocycles. The lowest BCUT2D eigenvalue weighted by Gasteiger charge is -2.10. The lowest BCUT2D eigenvalue weighted by atomic mass is 9.97. The zero-order valence-corrected chi connectivity index (χ0v) is 9.91. The van der Waals surface area contributed by atoms with E-state index >= 15 is 0 Å². The summed E-state index contributed by atoms with van der Waals surface area (Å²) in [5, 5.41) is 9.45. The maximum absolute atomic E-state index is 11.3. The van der Waals surface area contributed by atoms with Crippen molar-refractivity contribution in [3.63, 3.8) is 0 Å². The van der Waals surface area contributed by atoms with Gasteiger partial charge in [0.2, 0.25) is 0 Å². The Labute approximate surface area is 99.6 Å². The average Bonchev–Trinajstić information content (AvgIpc) is 2.30. The number of ether oxygens (including phenoxy) is 1. The van der Waals surface area contributed by atoms with Crippen molar-refractivity contribution in [1.29, 1.82) is 5.26 Å². The second-order valence-electron chi connectivity index (χ2n) is 3.54. The van der Waals surface area contributed by atoms with Gasteiger partial charge in [-0.15, -0.1) is 0 Å². The molecule has 0 heterocycles. The maximum Gasteiger partial charge on any atom is 0.308 e. The summed E-state index contributed by atoms with van der Waals surface area (Å²) in [5.41, 5.74) is 1.31. The van der Waals surface area contributed by atoms with E-state index in [-0.39, 0.29) is 11.9 Å². The molecule has 0 spiro atoms. The van der Waals surface area contributed by atoms with Gasteiger partial charge < -0.3 is 4.74 Å². The zero-order chi connectivity index (χ0) is 12.1. The van der Waals surface area contributed by atoms with Crippen LogP contribution in [-0.4, -0.2) is 13.1 Å². The third-order valence-corrected chi connectivity index (χ3v) is 2.56. The fraction of sp³-hybridized carbons (Fsp3) is 0.333. The normalized spacial score (nSPS) is 11.6. The monoisotopic (exact) mass is 237 g/mol. The number of hydrogen-bond acceptors (Lipinski definition) is 3. The third kappa shape index (κ3) is 2.98. The second-order valence-corrected chi connectivity index (χ2v) is 3.98. The highest BCUT2D eigenvalue weighted by Crippen LogP contribution is 2.18. The summed E-state index contributed by atoms with van der Waals surface area (Å²) in [6.45, 7) is 1.77. The molecule has 1 aromatic rings. The lowest BCUT2D eigenvalue weighted by Crippen LogP contribution is -2.15. The minimum atomic E-state index is -0.279. The molecule has 0 saturated carbocycles. The van der Waals surface area contributed by atoms with Crippen molar-refractivity contribution in [2.75, 3.05) is 7.11 Å². The molecule has 4 heteroatoms. The Balaban J connectivity index is 2.90. The molecule has 16 heavy (non-hydrogen) atoms. The van der Waals surface area contributed by atoms with Crippen LogP contribution in [0.3, 0.4) is 0 Å². The second kappa shape index (κ2) is 5.53. The fourth-order valence-electron chi connectivity index (χ4n) is 1.45. The Kier molecular flexibility index (Phi) is 4.33. The average molecular weight is 238 g/mol. The fourth-order valence-corrected chi connectivity index (χ4v) is 1.62. The van der Waals surface area contributed by atoms with Gasteiger partial charge in [0, 0.05) is 5.02 Å². The highest BCUT2D eigenvalue weighted by atomic mass is 35.5. The van der Waals surface area contributed by atoms with E-state index < -0.39 is 0 Å². The van der Waals surface area contributed by atoms with Gasteiger partial charge in [-0.3, -0.25) is 4.79 Å². The first kappa shape index (κ1) is 12.5. The van der Waals surface area contributed by atoms with E-state index in [1.165, 1.54) is 7.11 Å². The molecule has 0 saturated heterocycles. The first-order chi connectivity index (χ1) is 7.58. The number of hydrogen-bond donors (Lipinski definition) is 0. The minimum Gasteiger partial charge on any atom is -0.469 e. The van der Waals surface area contributed by atoms with E-state index in [2.05, 4.69) is 10.8 Å². The molecule has 1 aromatic carbocycles. The Morgan fingerprint density at radius 3 is 2.88 bits per heavy atom. The smallest absolute Gasteiger partial charge is 0.308 e. The van der Waals surface area contributed by atoms with Crippen LogP contribution in [0.25, 0.3) is 0 Å². The summed E-state index contributed by atoms with van der Waals surface area (Å²) in [6, 6.07) is 7.13. The summed E-state index contributed by atoms with van der Waals surface area (Å²) in [6.07, 6.45) is 0.479. The van der Waals surface area contributed by atoms with Gasteiger partial charge >= 0.3 is 5.97 Å². The molecular weight excluding hydrogens is 226 g/mol. The Bertz CT molecular complexity index is 437. The molecule has 84 valence electrons.